The fourth-order valence-corrected chi connectivity index (χ4v) is 2.79. The smallest absolute Gasteiger partial charge is 0.248 e. The summed E-state index contributed by atoms with van der Waals surface area (Å²) in [5.74, 6) is 0.833. The molecule has 0 saturated carbocycles. The highest BCUT2D eigenvalue weighted by atomic mass is 35.5. The maximum absolute atomic E-state index is 12.2. The van der Waals surface area contributed by atoms with E-state index in [9.17, 15) is 9.59 Å². The molecule has 148 valence electrons. The van der Waals surface area contributed by atoms with Crippen LogP contribution in [0.5, 0.6) is 0 Å². The van der Waals surface area contributed by atoms with Gasteiger partial charge in [0, 0.05) is 34.5 Å². The summed E-state index contributed by atoms with van der Waals surface area (Å²) in [5.41, 5.74) is 3.08. The molecule has 0 radical (unpaired) electrons. The number of hydrogen-bond acceptors (Lipinski definition) is 3. The molecule has 6 heteroatoms. The lowest BCUT2D eigenvalue weighted by molar-refractivity contribution is -0.116. The second-order valence-corrected chi connectivity index (χ2v) is 6.88. The van der Waals surface area contributed by atoms with Crippen molar-refractivity contribution in [3.8, 4) is 11.3 Å². The van der Waals surface area contributed by atoms with Crippen molar-refractivity contribution in [2.45, 2.75) is 20.3 Å². The van der Waals surface area contributed by atoms with Gasteiger partial charge in [-0.3, -0.25) is 9.59 Å². The van der Waals surface area contributed by atoms with Crippen LogP contribution in [-0.2, 0) is 9.59 Å². The van der Waals surface area contributed by atoms with Gasteiger partial charge in [-0.05, 0) is 55.0 Å². The lowest BCUT2D eigenvalue weighted by Crippen LogP contribution is -2.11. The zero-order valence-electron chi connectivity index (χ0n) is 16.2. The van der Waals surface area contributed by atoms with E-state index >= 15 is 0 Å². The predicted octanol–water partition coefficient (Wildman–Crippen LogP) is 5.91. The van der Waals surface area contributed by atoms with E-state index in [4.69, 9.17) is 16.0 Å². The van der Waals surface area contributed by atoms with E-state index in [0.29, 0.717) is 34.3 Å². The molecule has 1 heterocycles. The number of carbonyl (C=O) groups is 2. The topological polar surface area (TPSA) is 71.3 Å². The van der Waals surface area contributed by atoms with Crippen molar-refractivity contribution in [2.75, 3.05) is 10.6 Å². The fourth-order valence-electron chi connectivity index (χ4n) is 2.61. The molecule has 3 rings (SSSR count). The summed E-state index contributed by atoms with van der Waals surface area (Å²) >= 11 is 6.17. The molecular weight excluding hydrogens is 388 g/mol. The number of halogens is 1. The molecule has 2 N–H and O–H groups in total. The fraction of sp³-hybridized carbons (Fsp3) is 0.130. The Morgan fingerprint density at radius 3 is 2.52 bits per heavy atom. The normalized spacial score (nSPS) is 10.9. The molecular formula is C23H21ClN2O3. The summed E-state index contributed by atoms with van der Waals surface area (Å²) in [6.45, 7) is 3.72. The average molecular weight is 409 g/mol. The van der Waals surface area contributed by atoms with Crippen LogP contribution in [0.15, 0.2) is 65.1 Å². The molecule has 0 fully saturated rings. The largest absolute Gasteiger partial charge is 0.457 e. The Morgan fingerprint density at radius 2 is 1.79 bits per heavy atom. The minimum Gasteiger partial charge on any atom is -0.457 e. The van der Waals surface area contributed by atoms with Gasteiger partial charge in [0.15, 0.2) is 0 Å². The molecule has 29 heavy (non-hydrogen) atoms. The quantitative estimate of drug-likeness (QED) is 0.498. The maximum Gasteiger partial charge on any atom is 0.248 e. The highest BCUT2D eigenvalue weighted by Crippen LogP contribution is 2.27. The summed E-state index contributed by atoms with van der Waals surface area (Å²) in [6, 6.07) is 16.3. The minimum atomic E-state index is -0.305. The molecule has 0 saturated heterocycles. The predicted molar refractivity (Wildman–Crippen MR) is 117 cm³/mol. The number of anilines is 2. The van der Waals surface area contributed by atoms with Gasteiger partial charge in [0.2, 0.25) is 11.8 Å². The zero-order chi connectivity index (χ0) is 20.8. The van der Waals surface area contributed by atoms with E-state index in [1.807, 2.05) is 31.2 Å². The zero-order valence-corrected chi connectivity index (χ0v) is 16.9. The molecule has 0 aliphatic rings. The number of hydrogen-bond donors (Lipinski definition) is 2. The SMILES string of the molecule is CCC(=O)Nc1cccc(NC(=O)/C=C/c2ccc(-c3ccc(C)c(Cl)c3)o2)c1. The summed E-state index contributed by atoms with van der Waals surface area (Å²) in [4.78, 5) is 23.7. The van der Waals surface area contributed by atoms with Crippen molar-refractivity contribution in [3.05, 3.63) is 77.0 Å². The summed E-state index contributed by atoms with van der Waals surface area (Å²) < 4.78 is 5.77. The second kappa shape index (κ2) is 9.26. The van der Waals surface area contributed by atoms with Gasteiger partial charge in [0.25, 0.3) is 0 Å². The van der Waals surface area contributed by atoms with Crippen molar-refractivity contribution in [3.63, 3.8) is 0 Å². The Hall–Kier alpha value is -3.31. The number of benzene rings is 2. The molecule has 2 aromatic carbocycles. The lowest BCUT2D eigenvalue weighted by Gasteiger charge is -2.06. The molecule has 0 aliphatic heterocycles. The van der Waals surface area contributed by atoms with Crippen molar-refractivity contribution in [1.29, 1.82) is 0 Å². The monoisotopic (exact) mass is 408 g/mol. The van der Waals surface area contributed by atoms with E-state index < -0.39 is 0 Å². The van der Waals surface area contributed by atoms with Gasteiger partial charge < -0.3 is 15.1 Å². The number of carbonyl (C=O) groups excluding carboxylic acids is 2. The molecule has 0 aliphatic carbocycles. The van der Waals surface area contributed by atoms with Crippen LogP contribution < -0.4 is 10.6 Å². The molecule has 1 aromatic heterocycles. The number of amides is 2. The van der Waals surface area contributed by atoms with Gasteiger partial charge in [0.05, 0.1) is 0 Å². The van der Waals surface area contributed by atoms with Gasteiger partial charge in [-0.1, -0.05) is 36.7 Å². The average Bonchev–Trinajstić information content (AvgIpc) is 3.18. The van der Waals surface area contributed by atoms with Crippen LogP contribution in [0.25, 0.3) is 17.4 Å². The molecule has 0 unspecified atom stereocenters. The number of furan rings is 1. The first-order valence-corrected chi connectivity index (χ1v) is 9.57. The van der Waals surface area contributed by atoms with Crippen LogP contribution in [0.2, 0.25) is 5.02 Å². The first-order valence-electron chi connectivity index (χ1n) is 9.20. The summed E-state index contributed by atoms with van der Waals surface area (Å²) in [6.07, 6.45) is 3.37. The molecule has 0 spiro atoms. The van der Waals surface area contributed by atoms with Crippen LogP contribution in [0.1, 0.15) is 24.7 Å². The Labute approximate surface area is 174 Å². The van der Waals surface area contributed by atoms with Crippen LogP contribution >= 0.6 is 11.6 Å². The van der Waals surface area contributed by atoms with Crippen molar-refractivity contribution in [2.24, 2.45) is 0 Å². The second-order valence-electron chi connectivity index (χ2n) is 6.47. The highest BCUT2D eigenvalue weighted by molar-refractivity contribution is 6.31. The highest BCUT2D eigenvalue weighted by Gasteiger charge is 2.06. The van der Waals surface area contributed by atoms with E-state index in [2.05, 4.69) is 10.6 Å². The molecule has 3 aromatic rings. The molecule has 5 nitrogen and oxygen atoms in total. The molecule has 2 amide bonds. The van der Waals surface area contributed by atoms with Gasteiger partial charge >= 0.3 is 0 Å². The summed E-state index contributed by atoms with van der Waals surface area (Å²) in [5, 5.41) is 6.19. The van der Waals surface area contributed by atoms with Crippen LogP contribution in [-0.4, -0.2) is 11.8 Å². The Bertz CT molecular complexity index is 1070. The maximum atomic E-state index is 12.2. The minimum absolute atomic E-state index is 0.0862. The third kappa shape index (κ3) is 5.59. The van der Waals surface area contributed by atoms with Gasteiger partial charge in [-0.2, -0.15) is 0 Å². The third-order valence-corrected chi connectivity index (χ3v) is 4.62. The van der Waals surface area contributed by atoms with Gasteiger partial charge in [-0.15, -0.1) is 0 Å². The first-order chi connectivity index (χ1) is 13.9. The molecule has 0 atom stereocenters. The first kappa shape index (κ1) is 20.4. The van der Waals surface area contributed by atoms with Crippen molar-refractivity contribution in [1.82, 2.24) is 0 Å². The molecule has 0 bridgehead atoms. The van der Waals surface area contributed by atoms with Crippen LogP contribution in [0.4, 0.5) is 11.4 Å². The lowest BCUT2D eigenvalue weighted by atomic mass is 10.1. The Morgan fingerprint density at radius 1 is 1.03 bits per heavy atom. The summed E-state index contributed by atoms with van der Waals surface area (Å²) in [7, 11) is 0. The van der Waals surface area contributed by atoms with E-state index in [-0.39, 0.29) is 11.8 Å². The Balaban J connectivity index is 1.64. The number of aryl methyl sites for hydroxylation is 1. The van der Waals surface area contributed by atoms with Gasteiger partial charge in [-0.25, -0.2) is 0 Å². The van der Waals surface area contributed by atoms with Crippen LogP contribution in [0.3, 0.4) is 0 Å². The van der Waals surface area contributed by atoms with E-state index in [1.54, 1.807) is 43.3 Å². The number of nitrogens with one attached hydrogen (secondary N) is 2. The van der Waals surface area contributed by atoms with Gasteiger partial charge in [0.1, 0.15) is 11.5 Å². The van der Waals surface area contributed by atoms with Crippen molar-refractivity contribution < 1.29 is 14.0 Å². The Kier molecular flexibility index (Phi) is 6.52. The van der Waals surface area contributed by atoms with E-state index in [0.717, 1.165) is 11.1 Å². The van der Waals surface area contributed by atoms with E-state index in [1.165, 1.54) is 6.08 Å². The van der Waals surface area contributed by atoms with Crippen LogP contribution in [0, 0.1) is 6.92 Å². The van der Waals surface area contributed by atoms with Crippen molar-refractivity contribution >= 4 is 40.9 Å². The third-order valence-electron chi connectivity index (χ3n) is 4.22. The number of rotatable bonds is 6. The standard InChI is InChI=1S/C23H21ClN2O3/c1-3-22(27)25-17-5-4-6-18(14-17)26-23(28)12-10-19-9-11-21(29-19)16-8-7-15(2)20(24)13-16/h4-14H,3H2,1-2H3,(H,25,27)(H,26,28)/b12-10+.